The summed E-state index contributed by atoms with van der Waals surface area (Å²) in [5.74, 6) is 29.2. The first-order valence-corrected chi connectivity index (χ1v) is 29.6. The molecule has 376 valence electrons. The molecular weight excluding hydrogens is 913 g/mol. The quantitative estimate of drug-likeness (QED) is 0.0668. The van der Waals surface area contributed by atoms with E-state index in [1.54, 1.807) is 0 Å². The van der Waals surface area contributed by atoms with E-state index in [4.69, 9.17) is 0 Å². The van der Waals surface area contributed by atoms with Gasteiger partial charge in [0.05, 0.1) is 0 Å². The molecule has 0 heteroatoms. The van der Waals surface area contributed by atoms with E-state index in [1.807, 2.05) is 0 Å². The molecule has 11 rings (SSSR count). The largest absolute Gasteiger partial charge is 0.0978 e. The average Bonchev–Trinajstić information content (AvgIpc) is 3.45. The first-order valence-electron chi connectivity index (χ1n) is 29.6. The minimum Gasteiger partial charge on any atom is -0.0978 e. The first-order chi connectivity index (χ1) is 37.5. The van der Waals surface area contributed by atoms with Crippen molar-refractivity contribution in [2.24, 2.45) is 0 Å². The van der Waals surface area contributed by atoms with Gasteiger partial charge in [0, 0.05) is 91.0 Å². The second-order valence-corrected chi connectivity index (χ2v) is 21.7. The minimum atomic E-state index is 0.873. The van der Waals surface area contributed by atoms with Crippen molar-refractivity contribution in [2.45, 2.75) is 184 Å². The summed E-state index contributed by atoms with van der Waals surface area (Å²) in [6.07, 6.45) is 20.8. The molecule has 0 radical (unpaired) electrons. The third kappa shape index (κ3) is 8.43. The van der Waals surface area contributed by atoms with E-state index in [0.717, 1.165) is 172 Å². The highest BCUT2D eigenvalue weighted by Crippen LogP contribution is 2.55. The number of rotatable bonds is 16. The Morgan fingerprint density at radius 2 is 0.605 bits per heavy atom. The molecule has 0 spiro atoms. The predicted octanol–water partition coefficient (Wildman–Crippen LogP) is 20.7. The molecular formula is C76H72. The van der Waals surface area contributed by atoms with Crippen LogP contribution in [0.15, 0.2) is 48.5 Å². The van der Waals surface area contributed by atoms with Crippen molar-refractivity contribution < 1.29 is 0 Å². The molecule has 0 atom stereocenters. The highest BCUT2D eigenvalue weighted by molar-refractivity contribution is 6.48. The third-order valence-electron chi connectivity index (χ3n) is 16.4. The van der Waals surface area contributed by atoms with Gasteiger partial charge in [-0.05, 0) is 175 Å². The molecule has 0 nitrogen and oxygen atoms in total. The van der Waals surface area contributed by atoms with Crippen LogP contribution in [-0.4, -0.2) is 0 Å². The molecule has 11 aromatic carbocycles. The molecule has 0 heterocycles. The highest BCUT2D eigenvalue weighted by atomic mass is 14.3. The van der Waals surface area contributed by atoms with Gasteiger partial charge in [0.25, 0.3) is 0 Å². The van der Waals surface area contributed by atoms with Crippen LogP contribution in [0.2, 0.25) is 0 Å². The predicted molar refractivity (Wildman–Crippen MR) is 332 cm³/mol. The van der Waals surface area contributed by atoms with Gasteiger partial charge in [-0.3, -0.25) is 0 Å². The van der Waals surface area contributed by atoms with Crippen LogP contribution >= 0.6 is 0 Å². The minimum absolute atomic E-state index is 0.873. The Bertz CT molecular complexity index is 3990. The van der Waals surface area contributed by atoms with Crippen molar-refractivity contribution >= 4 is 108 Å². The van der Waals surface area contributed by atoms with Crippen LogP contribution in [0.1, 0.15) is 203 Å². The fourth-order valence-electron chi connectivity index (χ4n) is 12.8. The zero-order valence-electron chi connectivity index (χ0n) is 46.8. The van der Waals surface area contributed by atoms with E-state index in [9.17, 15) is 0 Å². The topological polar surface area (TPSA) is 0 Å². The molecule has 11 aromatic rings. The SMILES string of the molecule is CCCCC#Cc1cc2c3cc1c#cc1c(C#CCCCC)ccc4c5c(CCC)c(CCC)c6c7cc(C#CCCCC)c(c#cc8c(C#CCCCC)ccc9c%10c(CCC)c(CCC)c2c3c%10c89)cc7c6c5c14. The number of hydrogen-bond acceptors (Lipinski definition) is 0. The number of aryl methyl sites for hydroxylation is 4. The number of benzene rings is 6. The average molecular weight is 985 g/mol. The van der Waals surface area contributed by atoms with Crippen molar-refractivity contribution in [3.05, 3.63) is 117 Å². The molecule has 0 saturated heterocycles. The van der Waals surface area contributed by atoms with Crippen molar-refractivity contribution in [1.82, 2.24) is 0 Å². The summed E-state index contributed by atoms with van der Waals surface area (Å²) in [6, 6.07) is 34.6. The Morgan fingerprint density at radius 1 is 0.289 bits per heavy atom. The monoisotopic (exact) mass is 985 g/mol. The molecule has 76 heavy (non-hydrogen) atoms. The summed E-state index contributed by atoms with van der Waals surface area (Å²) in [5.41, 5.74) is 10.1. The summed E-state index contributed by atoms with van der Waals surface area (Å²) in [4.78, 5) is 0. The molecule has 0 amide bonds. The van der Waals surface area contributed by atoms with Gasteiger partial charge in [-0.15, -0.1) is 0 Å². The molecule has 0 aliphatic heterocycles. The Balaban J connectivity index is 1.38. The van der Waals surface area contributed by atoms with Gasteiger partial charge >= 0.3 is 0 Å². The second kappa shape index (κ2) is 22.1. The maximum atomic E-state index is 3.94. The van der Waals surface area contributed by atoms with Crippen molar-refractivity contribution in [3.8, 4) is 47.4 Å². The van der Waals surface area contributed by atoms with Crippen LogP contribution in [0.25, 0.3) is 108 Å². The maximum Gasteiger partial charge on any atom is 0.0490 e. The van der Waals surface area contributed by atoms with Gasteiger partial charge in [0.2, 0.25) is 0 Å². The lowest BCUT2D eigenvalue weighted by Crippen LogP contribution is -2.05. The van der Waals surface area contributed by atoms with Gasteiger partial charge in [-0.1, -0.05) is 191 Å². The summed E-state index contributed by atoms with van der Waals surface area (Å²) in [6.45, 7) is 18.3. The number of hydrogen-bond donors (Lipinski definition) is 0. The Hall–Kier alpha value is -7.32. The van der Waals surface area contributed by atoms with E-state index in [0.29, 0.717) is 0 Å². The van der Waals surface area contributed by atoms with E-state index < -0.39 is 0 Å². The van der Waals surface area contributed by atoms with Gasteiger partial charge in [0.1, 0.15) is 0 Å². The van der Waals surface area contributed by atoms with Gasteiger partial charge in [-0.25, -0.2) is 0 Å². The van der Waals surface area contributed by atoms with E-state index in [2.05, 4.69) is 176 Å². The standard InChI is InChI=1S/C76H72/c1-9-17-21-25-33-49-37-43-61-67-55(49)41-39-53-47-66-64(45-51(53)35-27-23-19-11-3)72-60(32-16-8)58(30-14-6)70-62-44-38-50(34-26-22-18-10-2)56(68(62)76(70)74(66)72)42-40-54-48-65-63(46-52(54)36-28-24-20-12-4)71-59(31-15-7)57(29-13-5)69(61)75(67)73(65)71/h37-38,43-48H,9-24,29-32H2,1-8H3. The summed E-state index contributed by atoms with van der Waals surface area (Å²) in [7, 11) is 0. The van der Waals surface area contributed by atoms with Crippen LogP contribution < -0.4 is 0 Å². The normalized spacial score (nSPS) is 11.6. The van der Waals surface area contributed by atoms with E-state index >= 15 is 0 Å². The molecule has 0 aliphatic rings. The van der Waals surface area contributed by atoms with E-state index in [-0.39, 0.29) is 0 Å². The van der Waals surface area contributed by atoms with Crippen LogP contribution in [0, 0.1) is 71.6 Å². The molecule has 4 bridgehead atoms. The van der Waals surface area contributed by atoms with Crippen molar-refractivity contribution in [1.29, 1.82) is 0 Å². The van der Waals surface area contributed by atoms with E-state index in [1.165, 1.54) is 108 Å². The Labute approximate surface area is 453 Å². The third-order valence-corrected chi connectivity index (χ3v) is 16.4. The molecule has 0 saturated carbocycles. The smallest absolute Gasteiger partial charge is 0.0490 e. The fourth-order valence-corrected chi connectivity index (χ4v) is 12.8. The highest BCUT2D eigenvalue weighted by Gasteiger charge is 2.30. The van der Waals surface area contributed by atoms with Gasteiger partial charge < -0.3 is 0 Å². The summed E-state index contributed by atoms with van der Waals surface area (Å²) < 4.78 is 0. The number of fused-ring (bicyclic) bond motifs is 6. The lowest BCUT2D eigenvalue weighted by Gasteiger charge is -2.28. The summed E-state index contributed by atoms with van der Waals surface area (Å²) in [5, 5.41) is 25.6. The zero-order valence-corrected chi connectivity index (χ0v) is 46.8. The maximum absolute atomic E-state index is 3.94. The fraction of sp³-hybridized carbons (Fsp3) is 0.368. The molecule has 0 fully saturated rings. The summed E-state index contributed by atoms with van der Waals surface area (Å²) >= 11 is 0. The van der Waals surface area contributed by atoms with Crippen molar-refractivity contribution in [2.75, 3.05) is 0 Å². The lowest BCUT2D eigenvalue weighted by molar-refractivity contribution is 0.828. The molecule has 0 aliphatic carbocycles. The van der Waals surface area contributed by atoms with Crippen LogP contribution in [0.4, 0.5) is 0 Å². The molecule has 0 unspecified atom stereocenters. The van der Waals surface area contributed by atoms with Crippen molar-refractivity contribution in [3.63, 3.8) is 0 Å². The Morgan fingerprint density at radius 3 is 0.934 bits per heavy atom. The van der Waals surface area contributed by atoms with Gasteiger partial charge in [0.15, 0.2) is 0 Å². The molecule has 0 aromatic heterocycles. The van der Waals surface area contributed by atoms with Crippen LogP contribution in [0.3, 0.4) is 0 Å². The Kier molecular flexibility index (Phi) is 14.8. The zero-order chi connectivity index (χ0) is 52.5. The van der Waals surface area contributed by atoms with Crippen LogP contribution in [0.5, 0.6) is 0 Å². The lowest BCUT2D eigenvalue weighted by atomic mass is 9.75. The first kappa shape index (κ1) is 50.8. The second-order valence-electron chi connectivity index (χ2n) is 21.7. The number of unbranched alkanes of at least 4 members (excludes halogenated alkanes) is 8. The molecule has 0 N–H and O–H groups in total. The van der Waals surface area contributed by atoms with Gasteiger partial charge in [-0.2, -0.15) is 0 Å². The van der Waals surface area contributed by atoms with Crippen LogP contribution in [-0.2, 0) is 25.7 Å².